The van der Waals surface area contributed by atoms with Crippen molar-refractivity contribution in [2.75, 3.05) is 13.1 Å². The molecule has 1 aromatic carbocycles. The van der Waals surface area contributed by atoms with E-state index in [2.05, 4.69) is 24.5 Å². The standard InChI is InChI=1S/C18H28N2O/c1-13-4-7-16(8-5-13)18(21)20-11-10-19-17-9-6-14(2)15(3)12-17/h4-5,7-8,14-15,17,19H,6,9-12H2,1-3H3,(H,20,21). The fourth-order valence-corrected chi connectivity index (χ4v) is 2.99. The smallest absolute Gasteiger partial charge is 0.251 e. The topological polar surface area (TPSA) is 41.1 Å². The van der Waals surface area contributed by atoms with E-state index in [1.54, 1.807) is 0 Å². The second-order valence-electron chi connectivity index (χ2n) is 6.54. The minimum absolute atomic E-state index is 0.0161. The van der Waals surface area contributed by atoms with Gasteiger partial charge in [-0.3, -0.25) is 4.79 Å². The first-order chi connectivity index (χ1) is 10.1. The van der Waals surface area contributed by atoms with Crippen LogP contribution in [0.4, 0.5) is 0 Å². The molecule has 2 N–H and O–H groups in total. The first-order valence-corrected chi connectivity index (χ1v) is 8.14. The van der Waals surface area contributed by atoms with Gasteiger partial charge in [0.25, 0.3) is 5.91 Å². The number of hydrogen-bond donors (Lipinski definition) is 2. The predicted molar refractivity (Wildman–Crippen MR) is 87.5 cm³/mol. The van der Waals surface area contributed by atoms with Crippen molar-refractivity contribution in [2.45, 2.75) is 46.1 Å². The summed E-state index contributed by atoms with van der Waals surface area (Å²) in [5.41, 5.74) is 1.91. The number of amides is 1. The summed E-state index contributed by atoms with van der Waals surface area (Å²) in [6.45, 7) is 8.26. The molecule has 0 bridgehead atoms. The van der Waals surface area contributed by atoms with Crippen molar-refractivity contribution in [2.24, 2.45) is 11.8 Å². The molecule has 3 heteroatoms. The highest BCUT2D eigenvalue weighted by atomic mass is 16.1. The Hall–Kier alpha value is -1.35. The van der Waals surface area contributed by atoms with Crippen LogP contribution in [-0.2, 0) is 0 Å². The fraction of sp³-hybridized carbons (Fsp3) is 0.611. The van der Waals surface area contributed by atoms with Crippen molar-refractivity contribution >= 4 is 5.91 Å². The molecule has 3 nitrogen and oxygen atoms in total. The first-order valence-electron chi connectivity index (χ1n) is 8.14. The van der Waals surface area contributed by atoms with Gasteiger partial charge in [-0.1, -0.05) is 31.5 Å². The second-order valence-corrected chi connectivity index (χ2v) is 6.54. The summed E-state index contributed by atoms with van der Waals surface area (Å²) >= 11 is 0. The Morgan fingerprint density at radius 3 is 2.48 bits per heavy atom. The molecule has 1 amide bonds. The van der Waals surface area contributed by atoms with Crippen molar-refractivity contribution in [1.82, 2.24) is 10.6 Å². The van der Waals surface area contributed by atoms with E-state index in [0.717, 1.165) is 23.9 Å². The molecule has 1 fully saturated rings. The minimum Gasteiger partial charge on any atom is -0.351 e. The molecule has 3 unspecified atom stereocenters. The van der Waals surface area contributed by atoms with E-state index in [1.165, 1.54) is 24.8 Å². The Kier molecular flexibility index (Phi) is 5.80. The molecule has 21 heavy (non-hydrogen) atoms. The Balaban J connectivity index is 1.65. The maximum Gasteiger partial charge on any atom is 0.251 e. The third kappa shape index (κ3) is 4.85. The lowest BCUT2D eigenvalue weighted by Crippen LogP contribution is -2.40. The number of aryl methyl sites for hydroxylation is 1. The molecule has 1 aliphatic carbocycles. The van der Waals surface area contributed by atoms with Gasteiger partial charge in [0.2, 0.25) is 0 Å². The van der Waals surface area contributed by atoms with Gasteiger partial charge in [-0.2, -0.15) is 0 Å². The zero-order chi connectivity index (χ0) is 15.2. The fourth-order valence-electron chi connectivity index (χ4n) is 2.99. The second kappa shape index (κ2) is 7.60. The predicted octanol–water partition coefficient (Wildman–Crippen LogP) is 3.14. The van der Waals surface area contributed by atoms with E-state index in [-0.39, 0.29) is 5.91 Å². The summed E-state index contributed by atoms with van der Waals surface area (Å²) in [5, 5.41) is 6.55. The van der Waals surface area contributed by atoms with Gasteiger partial charge in [0, 0.05) is 24.7 Å². The van der Waals surface area contributed by atoms with Crippen molar-refractivity contribution in [3.05, 3.63) is 35.4 Å². The number of rotatable bonds is 5. The Labute approximate surface area is 128 Å². The van der Waals surface area contributed by atoms with Crippen LogP contribution in [0.1, 0.15) is 49.0 Å². The molecule has 0 radical (unpaired) electrons. The van der Waals surface area contributed by atoms with E-state index >= 15 is 0 Å². The lowest BCUT2D eigenvalue weighted by Gasteiger charge is -2.32. The van der Waals surface area contributed by atoms with Crippen LogP contribution in [0.25, 0.3) is 0 Å². The molecular formula is C18H28N2O. The van der Waals surface area contributed by atoms with Crippen LogP contribution in [0.2, 0.25) is 0 Å². The maximum atomic E-state index is 12.0. The number of carbonyl (C=O) groups excluding carboxylic acids is 1. The van der Waals surface area contributed by atoms with Crippen molar-refractivity contribution in [3.8, 4) is 0 Å². The van der Waals surface area contributed by atoms with Crippen LogP contribution >= 0.6 is 0 Å². The number of benzene rings is 1. The molecule has 1 aliphatic rings. The summed E-state index contributed by atoms with van der Waals surface area (Å²) in [5.74, 6) is 1.67. The van der Waals surface area contributed by atoms with E-state index in [4.69, 9.17) is 0 Å². The Morgan fingerprint density at radius 2 is 1.81 bits per heavy atom. The van der Waals surface area contributed by atoms with Gasteiger partial charge in [-0.15, -0.1) is 0 Å². The first kappa shape index (κ1) is 16.0. The van der Waals surface area contributed by atoms with Crippen LogP contribution in [0, 0.1) is 18.8 Å². The molecule has 0 spiro atoms. The summed E-state index contributed by atoms with van der Waals surface area (Å²) in [7, 11) is 0. The number of carbonyl (C=O) groups is 1. The van der Waals surface area contributed by atoms with Crippen LogP contribution < -0.4 is 10.6 Å². The molecule has 1 saturated carbocycles. The SMILES string of the molecule is Cc1ccc(C(=O)NCCNC2CCC(C)C(C)C2)cc1. The van der Waals surface area contributed by atoms with Crippen molar-refractivity contribution < 1.29 is 4.79 Å². The Bertz CT molecular complexity index is 455. The van der Waals surface area contributed by atoms with Crippen LogP contribution in [-0.4, -0.2) is 25.0 Å². The Morgan fingerprint density at radius 1 is 1.10 bits per heavy atom. The van der Waals surface area contributed by atoms with Crippen LogP contribution in [0.5, 0.6) is 0 Å². The highest BCUT2D eigenvalue weighted by Gasteiger charge is 2.23. The van der Waals surface area contributed by atoms with Gasteiger partial charge in [0.05, 0.1) is 0 Å². The summed E-state index contributed by atoms with van der Waals surface area (Å²) in [6.07, 6.45) is 3.83. The highest BCUT2D eigenvalue weighted by Crippen LogP contribution is 2.29. The van der Waals surface area contributed by atoms with Crippen LogP contribution in [0.3, 0.4) is 0 Å². The van der Waals surface area contributed by atoms with Gasteiger partial charge in [-0.05, 0) is 50.2 Å². The van der Waals surface area contributed by atoms with Gasteiger partial charge in [0.15, 0.2) is 0 Å². The molecule has 116 valence electrons. The quantitative estimate of drug-likeness (QED) is 0.817. The van der Waals surface area contributed by atoms with Gasteiger partial charge in [-0.25, -0.2) is 0 Å². The summed E-state index contributed by atoms with van der Waals surface area (Å²) in [6, 6.07) is 8.31. The van der Waals surface area contributed by atoms with Gasteiger partial charge in [0.1, 0.15) is 0 Å². The third-order valence-corrected chi connectivity index (χ3v) is 4.76. The van der Waals surface area contributed by atoms with Crippen molar-refractivity contribution in [3.63, 3.8) is 0 Å². The van der Waals surface area contributed by atoms with E-state index in [9.17, 15) is 4.79 Å². The molecule has 0 heterocycles. The molecule has 2 rings (SSSR count). The summed E-state index contributed by atoms with van der Waals surface area (Å²) in [4.78, 5) is 12.0. The average molecular weight is 288 g/mol. The average Bonchev–Trinajstić information content (AvgIpc) is 2.47. The van der Waals surface area contributed by atoms with E-state index < -0.39 is 0 Å². The monoisotopic (exact) mass is 288 g/mol. The van der Waals surface area contributed by atoms with E-state index in [0.29, 0.717) is 12.6 Å². The minimum atomic E-state index is 0.0161. The molecule has 0 aliphatic heterocycles. The van der Waals surface area contributed by atoms with Gasteiger partial charge >= 0.3 is 0 Å². The maximum absolute atomic E-state index is 12.0. The summed E-state index contributed by atoms with van der Waals surface area (Å²) < 4.78 is 0. The molecule has 0 aromatic heterocycles. The lowest BCUT2D eigenvalue weighted by molar-refractivity contribution is 0.0953. The molecule has 3 atom stereocenters. The van der Waals surface area contributed by atoms with E-state index in [1.807, 2.05) is 31.2 Å². The van der Waals surface area contributed by atoms with Crippen LogP contribution in [0.15, 0.2) is 24.3 Å². The zero-order valence-electron chi connectivity index (χ0n) is 13.5. The largest absolute Gasteiger partial charge is 0.351 e. The normalized spacial score (nSPS) is 25.6. The lowest BCUT2D eigenvalue weighted by atomic mass is 9.79. The number of nitrogens with one attached hydrogen (secondary N) is 2. The molecule has 0 saturated heterocycles. The van der Waals surface area contributed by atoms with Gasteiger partial charge < -0.3 is 10.6 Å². The van der Waals surface area contributed by atoms with Crippen molar-refractivity contribution in [1.29, 1.82) is 0 Å². The zero-order valence-corrected chi connectivity index (χ0v) is 13.5. The molecule has 1 aromatic rings. The number of hydrogen-bond acceptors (Lipinski definition) is 2. The highest BCUT2D eigenvalue weighted by molar-refractivity contribution is 5.94. The third-order valence-electron chi connectivity index (χ3n) is 4.76. The molecular weight excluding hydrogens is 260 g/mol.